The molecule has 0 fully saturated rings. The van der Waals surface area contributed by atoms with E-state index in [0.717, 1.165) is 60.8 Å². The third-order valence-corrected chi connectivity index (χ3v) is 10.6. The fourth-order valence-electron chi connectivity index (χ4n) is 7.81. The van der Waals surface area contributed by atoms with E-state index in [1.165, 1.54) is 0 Å². The predicted molar refractivity (Wildman–Crippen MR) is 245 cm³/mol. The average Bonchev–Trinajstić information content (AvgIpc) is 3.78. The molecule has 0 saturated carbocycles. The van der Waals surface area contributed by atoms with Crippen molar-refractivity contribution in [1.29, 1.82) is 0 Å². The summed E-state index contributed by atoms with van der Waals surface area (Å²) >= 11 is 0. The van der Waals surface area contributed by atoms with E-state index in [0.29, 0.717) is 16.8 Å². The molecule has 11 aromatic rings. The molecule has 0 radical (unpaired) electrons. The number of nitrogens with zero attached hydrogens (tertiary/aromatic N) is 1. The Bertz CT molecular complexity index is 3880. The van der Waals surface area contributed by atoms with Crippen LogP contribution in [-0.2, 0) is 0 Å². The van der Waals surface area contributed by atoms with Gasteiger partial charge in [0, 0.05) is 27.5 Å². The van der Waals surface area contributed by atoms with Crippen LogP contribution in [-0.4, -0.2) is 0 Å². The molecular weight excluding hydrogens is 703 g/mol. The second kappa shape index (κ2) is 14.1. The van der Waals surface area contributed by atoms with Crippen LogP contribution < -0.4 is 4.90 Å². The van der Waals surface area contributed by atoms with Gasteiger partial charge < -0.3 is 9.32 Å². The van der Waals surface area contributed by atoms with Gasteiger partial charge in [-0.25, -0.2) is 0 Å². The Kier molecular flexibility index (Phi) is 5.86. The van der Waals surface area contributed by atoms with Crippen molar-refractivity contribution < 1.29 is 19.5 Å². The molecule has 1 aromatic heterocycles. The van der Waals surface area contributed by atoms with E-state index in [1.807, 2.05) is 72.8 Å². The molecule has 0 saturated heterocycles. The van der Waals surface area contributed by atoms with Crippen molar-refractivity contribution in [1.82, 2.24) is 0 Å². The number of rotatable bonds is 7. The van der Waals surface area contributed by atoms with Crippen LogP contribution in [0.15, 0.2) is 229 Å². The molecule has 0 unspecified atom stereocenters. The van der Waals surface area contributed by atoms with Gasteiger partial charge in [0.25, 0.3) is 0 Å². The SMILES string of the molecule is [2H]c1c([2H])c([2H])c(-c2c([2H])c([2H])c3c([2H])c([2H])c(-c4ccc(N(c5ccc(-c6ccccc6-c6ccccc6)cc5)c5cccc6c5oc5c7ccccc7ccc65)cc4)c([2H])c3c2[2H])c([2H])c1[2H]. The first-order valence-corrected chi connectivity index (χ1v) is 18.9. The summed E-state index contributed by atoms with van der Waals surface area (Å²) in [7, 11) is 0. The number of benzene rings is 10. The number of para-hydroxylation sites is 1. The normalized spacial score (nSPS) is 14.1. The van der Waals surface area contributed by atoms with E-state index >= 15 is 0 Å². The number of hydrogen-bond acceptors (Lipinski definition) is 2. The molecule has 0 aliphatic heterocycles. The topological polar surface area (TPSA) is 16.4 Å². The maximum Gasteiger partial charge on any atom is 0.159 e. The van der Waals surface area contributed by atoms with Crippen LogP contribution in [0.4, 0.5) is 17.1 Å². The number of anilines is 3. The molecule has 2 nitrogen and oxygen atoms in total. The van der Waals surface area contributed by atoms with Gasteiger partial charge in [0.1, 0.15) is 5.58 Å². The number of fused-ring (bicyclic) bond motifs is 6. The molecule has 0 aliphatic carbocycles. The molecule has 0 amide bonds. The molecule has 272 valence electrons. The van der Waals surface area contributed by atoms with Crippen molar-refractivity contribution in [2.45, 2.75) is 0 Å². The van der Waals surface area contributed by atoms with Crippen molar-refractivity contribution >= 4 is 60.5 Å². The van der Waals surface area contributed by atoms with E-state index in [9.17, 15) is 2.74 Å². The van der Waals surface area contributed by atoms with Crippen molar-refractivity contribution in [3.8, 4) is 44.5 Å². The highest BCUT2D eigenvalue weighted by molar-refractivity contribution is 6.17. The Morgan fingerprint density at radius 1 is 0.345 bits per heavy atom. The molecule has 0 atom stereocenters. The van der Waals surface area contributed by atoms with Gasteiger partial charge in [-0.1, -0.05) is 176 Å². The summed E-state index contributed by atoms with van der Waals surface area (Å²) in [5.41, 5.74) is 7.52. The van der Waals surface area contributed by atoms with E-state index in [1.54, 1.807) is 12.1 Å². The molecule has 10 aromatic carbocycles. The van der Waals surface area contributed by atoms with Gasteiger partial charge >= 0.3 is 0 Å². The lowest BCUT2D eigenvalue weighted by molar-refractivity contribution is 0.673. The number of furan rings is 1. The maximum absolute atomic E-state index is 9.49. The van der Waals surface area contributed by atoms with Gasteiger partial charge in [-0.3, -0.25) is 0 Å². The Morgan fingerprint density at radius 2 is 0.931 bits per heavy atom. The summed E-state index contributed by atoms with van der Waals surface area (Å²) < 4.78 is 103. The number of hydrogen-bond donors (Lipinski definition) is 0. The minimum atomic E-state index is -0.672. The zero-order chi connectivity index (χ0) is 48.0. The molecular formula is C56H37NO. The third kappa shape index (κ3) is 5.91. The van der Waals surface area contributed by atoms with Gasteiger partial charge in [-0.15, -0.1) is 0 Å². The van der Waals surface area contributed by atoms with E-state index in [-0.39, 0.29) is 28.4 Å². The van der Waals surface area contributed by atoms with Crippen LogP contribution in [0, 0.1) is 0 Å². The van der Waals surface area contributed by atoms with Crippen LogP contribution in [0.1, 0.15) is 15.1 Å². The van der Waals surface area contributed by atoms with Crippen LogP contribution in [0.3, 0.4) is 0 Å². The van der Waals surface area contributed by atoms with Gasteiger partial charge in [0.05, 0.1) is 20.8 Å². The maximum atomic E-state index is 9.49. The van der Waals surface area contributed by atoms with Crippen molar-refractivity contribution in [2.75, 3.05) is 4.90 Å². The quantitative estimate of drug-likeness (QED) is 0.161. The van der Waals surface area contributed by atoms with Crippen LogP contribution >= 0.6 is 0 Å². The minimum absolute atomic E-state index is 0.00376. The molecule has 58 heavy (non-hydrogen) atoms. The van der Waals surface area contributed by atoms with Gasteiger partial charge in [-0.05, 0) is 109 Å². The summed E-state index contributed by atoms with van der Waals surface area (Å²) in [6, 6.07) is 46.0. The first-order chi connectivity index (χ1) is 33.3. The minimum Gasteiger partial charge on any atom is -0.453 e. The largest absolute Gasteiger partial charge is 0.453 e. The molecule has 11 rings (SSSR count). The van der Waals surface area contributed by atoms with E-state index < -0.39 is 65.5 Å². The Hall–Kier alpha value is -7.68. The zero-order valence-corrected chi connectivity index (χ0v) is 30.9. The second-order valence-electron chi connectivity index (χ2n) is 14.0. The van der Waals surface area contributed by atoms with Gasteiger partial charge in [0.2, 0.25) is 0 Å². The molecule has 0 aliphatic rings. The summed E-state index contributed by atoms with van der Waals surface area (Å²) in [5.74, 6) is 0. The first kappa shape index (κ1) is 24.1. The molecule has 2 heteroatoms. The second-order valence-corrected chi connectivity index (χ2v) is 14.0. The Balaban J connectivity index is 1.09. The van der Waals surface area contributed by atoms with Gasteiger partial charge in [-0.2, -0.15) is 0 Å². The van der Waals surface area contributed by atoms with Crippen LogP contribution in [0.2, 0.25) is 0 Å². The van der Waals surface area contributed by atoms with Crippen molar-refractivity contribution in [3.05, 3.63) is 224 Å². The zero-order valence-electron chi connectivity index (χ0n) is 41.9. The molecule has 0 spiro atoms. The highest BCUT2D eigenvalue weighted by Crippen LogP contribution is 2.44. The lowest BCUT2D eigenvalue weighted by Gasteiger charge is -2.26. The summed E-state index contributed by atoms with van der Waals surface area (Å²) in [6.07, 6.45) is 0. The monoisotopic (exact) mass is 750 g/mol. The lowest BCUT2D eigenvalue weighted by atomic mass is 9.94. The predicted octanol–water partition coefficient (Wildman–Crippen LogP) is 16.0. The van der Waals surface area contributed by atoms with Crippen molar-refractivity contribution in [3.63, 3.8) is 0 Å². The van der Waals surface area contributed by atoms with Crippen LogP contribution in [0.25, 0.3) is 88.0 Å². The van der Waals surface area contributed by atoms with Gasteiger partial charge in [0.15, 0.2) is 5.58 Å². The average molecular weight is 751 g/mol. The highest BCUT2D eigenvalue weighted by Gasteiger charge is 2.21. The Morgan fingerprint density at radius 3 is 1.66 bits per heavy atom. The summed E-state index contributed by atoms with van der Waals surface area (Å²) in [5, 5.41) is 3.43. The van der Waals surface area contributed by atoms with E-state index in [4.69, 9.17) is 16.8 Å². The highest BCUT2D eigenvalue weighted by atomic mass is 16.3. The first-order valence-electron chi connectivity index (χ1n) is 24.4. The molecule has 1 heterocycles. The van der Waals surface area contributed by atoms with Crippen LogP contribution in [0.5, 0.6) is 0 Å². The molecule has 0 bridgehead atoms. The third-order valence-electron chi connectivity index (χ3n) is 10.6. The fourth-order valence-corrected chi connectivity index (χ4v) is 7.81. The van der Waals surface area contributed by atoms with E-state index in [2.05, 4.69) is 77.7 Å². The lowest BCUT2D eigenvalue weighted by Crippen LogP contribution is -2.10. The van der Waals surface area contributed by atoms with Crippen molar-refractivity contribution in [2.24, 2.45) is 0 Å². The smallest absolute Gasteiger partial charge is 0.159 e. The summed E-state index contributed by atoms with van der Waals surface area (Å²) in [6.45, 7) is 0. The Labute approximate surface area is 353 Å². The molecule has 0 N–H and O–H groups in total. The fraction of sp³-hybridized carbons (Fsp3) is 0. The summed E-state index contributed by atoms with van der Waals surface area (Å²) in [4.78, 5) is 2.08. The standard InChI is InChI=1S/C56H37NO/c1-3-12-38(13-4-1)44-24-22-40-23-25-45(37-46(40)36-44)39-26-31-47(32-27-39)57(48-33-28-43(29-34-48)50-18-10-9-17-49(50)41-14-5-2-6-15-41)54-21-11-20-52-53-35-30-42-16-7-8-19-51(42)55(53)58-56(52)54/h1-37H/i1D,3D,4D,12D,13D,22D,23D,24D,25D,36D,37D.